The summed E-state index contributed by atoms with van der Waals surface area (Å²) in [6, 6.07) is 13.2. The molecule has 142 valence electrons. The van der Waals surface area contributed by atoms with Gasteiger partial charge in [0, 0.05) is 22.2 Å². The molecule has 0 aromatic heterocycles. The van der Waals surface area contributed by atoms with Crippen LogP contribution in [0.4, 0.5) is 26.5 Å². The highest BCUT2D eigenvalue weighted by molar-refractivity contribution is 5.64. The van der Waals surface area contributed by atoms with Gasteiger partial charge in [-0.1, -0.05) is 42.0 Å². The number of hydrogen-bond donors (Lipinski definition) is 0. The molecule has 3 rings (SSSR count). The maximum atomic E-state index is 13.4. The SMILES string of the molecule is Cc1ccc(-c2ccc(CF)c(F)c2)cc1.FOc1cc(F)c(F)c(F)c1. The maximum absolute atomic E-state index is 13.4. The first-order chi connectivity index (χ1) is 12.8. The predicted octanol–water partition coefficient (Wildman–Crippen LogP) is 6.64. The Hall–Kier alpha value is -2.96. The molecule has 0 N–H and O–H groups in total. The molecule has 3 aromatic rings. The average Bonchev–Trinajstić information content (AvgIpc) is 2.66. The molecule has 0 spiro atoms. The lowest BCUT2D eigenvalue weighted by atomic mass is 10.0. The number of alkyl halides is 1. The van der Waals surface area contributed by atoms with Crippen LogP contribution in [-0.2, 0) is 6.67 Å². The van der Waals surface area contributed by atoms with Crippen LogP contribution < -0.4 is 4.94 Å². The first-order valence-corrected chi connectivity index (χ1v) is 7.70. The van der Waals surface area contributed by atoms with Gasteiger partial charge in [0.25, 0.3) is 0 Å². The number of halogens is 6. The highest BCUT2D eigenvalue weighted by atomic mass is 19.3. The lowest BCUT2D eigenvalue weighted by molar-refractivity contribution is -0.00711. The Labute approximate surface area is 151 Å². The molecule has 0 radical (unpaired) electrons. The summed E-state index contributed by atoms with van der Waals surface area (Å²) in [5.41, 5.74) is 2.98. The molecule has 0 unspecified atom stereocenters. The van der Waals surface area contributed by atoms with Gasteiger partial charge in [-0.3, -0.25) is 4.94 Å². The van der Waals surface area contributed by atoms with Crippen LogP contribution in [-0.4, -0.2) is 0 Å². The van der Waals surface area contributed by atoms with Gasteiger partial charge in [-0.05, 0) is 24.1 Å². The fourth-order valence-electron chi connectivity index (χ4n) is 2.16. The topological polar surface area (TPSA) is 9.23 Å². The van der Waals surface area contributed by atoms with Crippen molar-refractivity contribution >= 4 is 0 Å². The van der Waals surface area contributed by atoms with Crippen molar-refractivity contribution in [1.82, 2.24) is 0 Å². The van der Waals surface area contributed by atoms with E-state index in [4.69, 9.17) is 0 Å². The molecule has 7 heteroatoms. The van der Waals surface area contributed by atoms with Crippen LogP contribution in [0.1, 0.15) is 11.1 Å². The molecule has 0 amide bonds. The third-order valence-electron chi connectivity index (χ3n) is 3.63. The predicted molar refractivity (Wildman–Crippen MR) is 89.4 cm³/mol. The van der Waals surface area contributed by atoms with E-state index in [1.807, 2.05) is 31.2 Å². The molecule has 0 fully saturated rings. The summed E-state index contributed by atoms with van der Waals surface area (Å²) in [6.07, 6.45) is 0. The van der Waals surface area contributed by atoms with Crippen LogP contribution in [0.3, 0.4) is 0 Å². The Balaban J connectivity index is 0.000000208. The van der Waals surface area contributed by atoms with Gasteiger partial charge in [0.05, 0.1) is 0 Å². The van der Waals surface area contributed by atoms with E-state index in [0.29, 0.717) is 12.1 Å². The lowest BCUT2D eigenvalue weighted by Gasteiger charge is -2.04. The van der Waals surface area contributed by atoms with E-state index in [1.54, 1.807) is 6.07 Å². The van der Waals surface area contributed by atoms with Gasteiger partial charge >= 0.3 is 0 Å². The fraction of sp³-hybridized carbons (Fsp3) is 0.100. The van der Waals surface area contributed by atoms with Gasteiger partial charge in [-0.25, -0.2) is 22.0 Å². The highest BCUT2D eigenvalue weighted by Gasteiger charge is 2.11. The van der Waals surface area contributed by atoms with E-state index in [0.717, 1.165) is 16.7 Å². The summed E-state index contributed by atoms with van der Waals surface area (Å²) in [5, 5.41) is 0. The quantitative estimate of drug-likeness (QED) is 0.363. The second-order valence-electron chi connectivity index (χ2n) is 5.58. The van der Waals surface area contributed by atoms with Crippen molar-refractivity contribution in [1.29, 1.82) is 0 Å². The molecule has 0 bridgehead atoms. The Bertz CT molecular complexity index is 886. The monoisotopic (exact) mass is 384 g/mol. The van der Waals surface area contributed by atoms with Crippen molar-refractivity contribution in [2.24, 2.45) is 0 Å². The molecule has 1 nitrogen and oxygen atoms in total. The lowest BCUT2D eigenvalue weighted by Crippen LogP contribution is -1.90. The van der Waals surface area contributed by atoms with E-state index in [1.165, 1.54) is 12.1 Å². The molecule has 0 aliphatic heterocycles. The minimum atomic E-state index is -1.65. The first kappa shape index (κ1) is 20.4. The van der Waals surface area contributed by atoms with E-state index >= 15 is 0 Å². The molecule has 0 aliphatic carbocycles. The maximum Gasteiger partial charge on any atom is 0.194 e. The largest absolute Gasteiger partial charge is 0.294 e. The van der Waals surface area contributed by atoms with E-state index in [2.05, 4.69) is 4.94 Å². The third-order valence-corrected chi connectivity index (χ3v) is 3.63. The Morgan fingerprint density at radius 2 is 1.30 bits per heavy atom. The number of benzene rings is 3. The summed E-state index contributed by atoms with van der Waals surface area (Å²) in [7, 11) is 0. The number of aryl methyl sites for hydroxylation is 1. The molecule has 0 aliphatic rings. The van der Waals surface area contributed by atoms with Crippen molar-refractivity contribution in [3.63, 3.8) is 0 Å². The van der Waals surface area contributed by atoms with Crippen LogP contribution in [0.2, 0.25) is 0 Å². The van der Waals surface area contributed by atoms with Crippen LogP contribution >= 0.6 is 0 Å². The summed E-state index contributed by atoms with van der Waals surface area (Å²) >= 11 is 0. The van der Waals surface area contributed by atoms with Crippen LogP contribution in [0, 0.1) is 30.2 Å². The minimum absolute atomic E-state index is 0.107. The average molecular weight is 384 g/mol. The molecule has 0 saturated heterocycles. The molecule has 27 heavy (non-hydrogen) atoms. The van der Waals surface area contributed by atoms with Crippen LogP contribution in [0.5, 0.6) is 5.75 Å². The van der Waals surface area contributed by atoms with Crippen molar-refractivity contribution in [2.45, 2.75) is 13.6 Å². The van der Waals surface area contributed by atoms with Gasteiger partial charge in [0.15, 0.2) is 23.2 Å². The summed E-state index contributed by atoms with van der Waals surface area (Å²) in [5.74, 6) is -5.82. The normalized spacial score (nSPS) is 10.2. The summed E-state index contributed by atoms with van der Waals surface area (Å²) < 4.78 is 73.4. The molecular formula is C20H14F6O. The summed E-state index contributed by atoms with van der Waals surface area (Å²) in [4.78, 5) is 2.98. The number of hydrogen-bond acceptors (Lipinski definition) is 1. The van der Waals surface area contributed by atoms with Crippen molar-refractivity contribution in [2.75, 3.05) is 0 Å². The van der Waals surface area contributed by atoms with Gasteiger partial charge in [-0.2, -0.15) is 0 Å². The molecule has 0 saturated carbocycles. The Morgan fingerprint density at radius 3 is 1.78 bits per heavy atom. The molecule has 0 atom stereocenters. The highest BCUT2D eigenvalue weighted by Crippen LogP contribution is 2.23. The minimum Gasteiger partial charge on any atom is -0.294 e. The molecule has 0 heterocycles. The van der Waals surface area contributed by atoms with Gasteiger partial charge in [-0.15, -0.1) is 0 Å². The first-order valence-electron chi connectivity index (χ1n) is 7.70. The van der Waals surface area contributed by atoms with Crippen molar-refractivity contribution in [3.8, 4) is 16.9 Å². The number of rotatable bonds is 3. The second-order valence-corrected chi connectivity index (χ2v) is 5.58. The molecular weight excluding hydrogens is 370 g/mol. The van der Waals surface area contributed by atoms with E-state index in [-0.39, 0.29) is 5.56 Å². The Kier molecular flexibility index (Phi) is 6.87. The Morgan fingerprint density at radius 1 is 0.741 bits per heavy atom. The fourth-order valence-corrected chi connectivity index (χ4v) is 2.16. The van der Waals surface area contributed by atoms with Crippen molar-refractivity contribution in [3.05, 3.63) is 89.0 Å². The summed E-state index contributed by atoms with van der Waals surface area (Å²) in [6.45, 7) is 1.23. The van der Waals surface area contributed by atoms with E-state index < -0.39 is 35.7 Å². The van der Waals surface area contributed by atoms with Crippen LogP contribution in [0.25, 0.3) is 11.1 Å². The molecule has 3 aromatic carbocycles. The van der Waals surface area contributed by atoms with Gasteiger partial charge < -0.3 is 0 Å². The van der Waals surface area contributed by atoms with Gasteiger partial charge in [0.2, 0.25) is 0 Å². The second kappa shape index (κ2) is 9.12. The zero-order chi connectivity index (χ0) is 20.0. The van der Waals surface area contributed by atoms with Crippen molar-refractivity contribution < 1.29 is 31.4 Å². The van der Waals surface area contributed by atoms with E-state index in [9.17, 15) is 26.5 Å². The van der Waals surface area contributed by atoms with Gasteiger partial charge in [0.1, 0.15) is 12.5 Å². The zero-order valence-electron chi connectivity index (χ0n) is 14.1. The third kappa shape index (κ3) is 5.26. The smallest absolute Gasteiger partial charge is 0.194 e. The standard InChI is InChI=1S/C14H12F2.C6H2F4O/c1-10-2-4-11(5-3-10)12-6-7-13(9-15)14(16)8-12;7-4-1-3(11-10)2-5(8)6(4)9/h2-8H,9H2,1H3;1-2H. The zero-order valence-corrected chi connectivity index (χ0v) is 14.1. The van der Waals surface area contributed by atoms with Crippen LogP contribution in [0.15, 0.2) is 54.6 Å².